The van der Waals surface area contributed by atoms with Gasteiger partial charge in [-0.3, -0.25) is 0 Å². The molecule has 104 valence electrons. The van der Waals surface area contributed by atoms with E-state index in [-0.39, 0.29) is 5.82 Å². The van der Waals surface area contributed by atoms with Crippen molar-refractivity contribution < 1.29 is 9.13 Å². The third-order valence-corrected chi connectivity index (χ3v) is 4.65. The molecule has 0 spiro atoms. The second kappa shape index (κ2) is 5.19. The third-order valence-electron chi connectivity index (χ3n) is 3.77. The molecule has 4 heteroatoms. The summed E-state index contributed by atoms with van der Waals surface area (Å²) in [5.74, 6) is 0.570. The maximum Gasteiger partial charge on any atom is 0.137 e. The molecule has 0 saturated carbocycles. The average Bonchev–Trinajstić information content (AvgIpc) is 2.44. The van der Waals surface area contributed by atoms with Crippen molar-refractivity contribution in [2.45, 2.75) is 18.4 Å². The molecule has 2 N–H and O–H groups in total. The Morgan fingerprint density at radius 2 is 2.00 bits per heavy atom. The molecule has 2 nitrogen and oxygen atoms in total. The summed E-state index contributed by atoms with van der Waals surface area (Å²) < 4.78 is 19.8. The first-order chi connectivity index (χ1) is 9.60. The summed E-state index contributed by atoms with van der Waals surface area (Å²) in [4.78, 5) is 0. The third kappa shape index (κ3) is 2.34. The van der Waals surface area contributed by atoms with E-state index < -0.39 is 5.54 Å². The molecule has 0 saturated heterocycles. The minimum absolute atomic E-state index is 0.258. The van der Waals surface area contributed by atoms with Gasteiger partial charge in [0.25, 0.3) is 0 Å². The molecule has 0 bridgehead atoms. The molecule has 1 unspecified atom stereocenters. The lowest BCUT2D eigenvalue weighted by molar-refractivity contribution is 0.215. The first-order valence-electron chi connectivity index (χ1n) is 6.54. The molecule has 0 aromatic heterocycles. The van der Waals surface area contributed by atoms with Crippen LogP contribution in [0.25, 0.3) is 0 Å². The van der Waals surface area contributed by atoms with Crippen molar-refractivity contribution in [3.63, 3.8) is 0 Å². The van der Waals surface area contributed by atoms with Gasteiger partial charge in [-0.1, -0.05) is 30.3 Å². The van der Waals surface area contributed by atoms with E-state index in [1.807, 2.05) is 30.3 Å². The van der Waals surface area contributed by atoms with Crippen molar-refractivity contribution in [1.82, 2.24) is 0 Å². The predicted molar refractivity (Wildman–Crippen MR) is 80.2 cm³/mol. The molecule has 0 fully saturated rings. The normalized spacial score (nSPS) is 21.1. The number of halogens is 2. The first kappa shape index (κ1) is 13.6. The molecule has 0 radical (unpaired) electrons. The second-order valence-electron chi connectivity index (χ2n) is 5.14. The summed E-state index contributed by atoms with van der Waals surface area (Å²) in [7, 11) is 0. The average molecular weight is 336 g/mol. The summed E-state index contributed by atoms with van der Waals surface area (Å²) in [5, 5.41) is 0. The van der Waals surface area contributed by atoms with Crippen LogP contribution in [0.1, 0.15) is 17.5 Å². The fourth-order valence-corrected chi connectivity index (χ4v) is 3.09. The summed E-state index contributed by atoms with van der Waals surface area (Å²) >= 11 is 3.31. The van der Waals surface area contributed by atoms with Crippen molar-refractivity contribution in [3.05, 3.63) is 63.9 Å². The van der Waals surface area contributed by atoms with E-state index in [1.54, 1.807) is 6.07 Å². The number of nitrogens with two attached hydrogens (primary N) is 1. The van der Waals surface area contributed by atoms with Crippen LogP contribution in [0.3, 0.4) is 0 Å². The van der Waals surface area contributed by atoms with Gasteiger partial charge in [0, 0.05) is 12.0 Å². The van der Waals surface area contributed by atoms with Gasteiger partial charge >= 0.3 is 0 Å². The molecular weight excluding hydrogens is 321 g/mol. The van der Waals surface area contributed by atoms with Gasteiger partial charge in [-0.05, 0) is 40.0 Å². The van der Waals surface area contributed by atoms with Gasteiger partial charge in [0.2, 0.25) is 0 Å². The number of hydrogen-bond donors (Lipinski definition) is 1. The van der Waals surface area contributed by atoms with E-state index >= 15 is 0 Å². The van der Waals surface area contributed by atoms with Gasteiger partial charge in [0.05, 0.1) is 16.6 Å². The summed E-state index contributed by atoms with van der Waals surface area (Å²) in [6.45, 7) is 0.584. The SMILES string of the molecule is NC1(Cc2cccc(F)c2Br)CCOc2ccccc21. The summed E-state index contributed by atoms with van der Waals surface area (Å²) in [6.07, 6.45) is 1.29. The lowest BCUT2D eigenvalue weighted by Gasteiger charge is -2.36. The van der Waals surface area contributed by atoms with Crippen LogP contribution in [-0.4, -0.2) is 6.61 Å². The zero-order valence-electron chi connectivity index (χ0n) is 10.9. The van der Waals surface area contributed by atoms with E-state index in [0.29, 0.717) is 23.9 Å². The topological polar surface area (TPSA) is 35.2 Å². The molecule has 0 amide bonds. The van der Waals surface area contributed by atoms with Gasteiger partial charge in [-0.2, -0.15) is 0 Å². The van der Waals surface area contributed by atoms with Gasteiger partial charge in [0.1, 0.15) is 11.6 Å². The Kier molecular flexibility index (Phi) is 3.52. The minimum atomic E-state index is -0.523. The Bertz CT molecular complexity index is 646. The number of hydrogen-bond acceptors (Lipinski definition) is 2. The second-order valence-corrected chi connectivity index (χ2v) is 5.93. The molecule has 1 aliphatic rings. The predicted octanol–water partition coefficient (Wildman–Crippen LogP) is 3.77. The molecule has 2 aromatic carbocycles. The van der Waals surface area contributed by atoms with Crippen molar-refractivity contribution in [3.8, 4) is 5.75 Å². The van der Waals surface area contributed by atoms with E-state index in [0.717, 1.165) is 16.9 Å². The molecule has 1 heterocycles. The Labute approximate surface area is 125 Å². The molecule has 2 aromatic rings. The Balaban J connectivity index is 2.00. The molecule has 3 rings (SSSR count). The zero-order valence-corrected chi connectivity index (χ0v) is 12.5. The van der Waals surface area contributed by atoms with Gasteiger partial charge in [-0.15, -0.1) is 0 Å². The number of benzene rings is 2. The highest BCUT2D eigenvalue weighted by Crippen LogP contribution is 2.38. The summed E-state index contributed by atoms with van der Waals surface area (Å²) in [6, 6.07) is 12.9. The molecule has 1 aliphatic heterocycles. The number of rotatable bonds is 2. The van der Waals surface area contributed by atoms with Crippen molar-refractivity contribution in [2.75, 3.05) is 6.61 Å². The largest absolute Gasteiger partial charge is 0.493 e. The lowest BCUT2D eigenvalue weighted by atomic mass is 9.80. The van der Waals surface area contributed by atoms with Gasteiger partial charge < -0.3 is 10.5 Å². The Morgan fingerprint density at radius 3 is 2.85 bits per heavy atom. The highest BCUT2D eigenvalue weighted by Gasteiger charge is 2.34. The van der Waals surface area contributed by atoms with Crippen LogP contribution in [0.15, 0.2) is 46.9 Å². The molecular formula is C16H15BrFNO. The van der Waals surface area contributed by atoms with Gasteiger partial charge in [0.15, 0.2) is 0 Å². The first-order valence-corrected chi connectivity index (χ1v) is 7.33. The van der Waals surface area contributed by atoms with Crippen LogP contribution < -0.4 is 10.5 Å². The van der Waals surface area contributed by atoms with Crippen LogP contribution in [-0.2, 0) is 12.0 Å². The maximum atomic E-state index is 13.6. The van der Waals surface area contributed by atoms with Crippen molar-refractivity contribution in [2.24, 2.45) is 5.73 Å². The van der Waals surface area contributed by atoms with E-state index in [4.69, 9.17) is 10.5 Å². The molecule has 1 atom stereocenters. The van der Waals surface area contributed by atoms with Crippen LogP contribution in [0.4, 0.5) is 4.39 Å². The maximum absolute atomic E-state index is 13.6. The monoisotopic (exact) mass is 335 g/mol. The number of para-hydroxylation sites is 1. The van der Waals surface area contributed by atoms with Crippen molar-refractivity contribution in [1.29, 1.82) is 0 Å². The lowest BCUT2D eigenvalue weighted by Crippen LogP contribution is -2.43. The Hall–Kier alpha value is -1.39. The number of fused-ring (bicyclic) bond motifs is 1. The zero-order chi connectivity index (χ0) is 14.2. The standard InChI is InChI=1S/C16H15BrFNO/c17-15-11(4-3-6-13(15)18)10-16(19)8-9-20-14-7-2-1-5-12(14)16/h1-7H,8-10,19H2. The van der Waals surface area contributed by atoms with Crippen molar-refractivity contribution >= 4 is 15.9 Å². The van der Waals surface area contributed by atoms with E-state index in [1.165, 1.54) is 6.07 Å². The highest BCUT2D eigenvalue weighted by atomic mass is 79.9. The van der Waals surface area contributed by atoms with Gasteiger partial charge in [-0.25, -0.2) is 4.39 Å². The van der Waals surface area contributed by atoms with Crippen LogP contribution >= 0.6 is 15.9 Å². The fraction of sp³-hybridized carbons (Fsp3) is 0.250. The van der Waals surface area contributed by atoms with E-state index in [2.05, 4.69) is 15.9 Å². The van der Waals surface area contributed by atoms with Crippen LogP contribution in [0.2, 0.25) is 0 Å². The molecule has 0 aliphatic carbocycles. The fourth-order valence-electron chi connectivity index (χ4n) is 2.69. The smallest absolute Gasteiger partial charge is 0.137 e. The highest BCUT2D eigenvalue weighted by molar-refractivity contribution is 9.10. The van der Waals surface area contributed by atoms with Crippen LogP contribution in [0, 0.1) is 5.82 Å². The van der Waals surface area contributed by atoms with E-state index in [9.17, 15) is 4.39 Å². The molecule has 20 heavy (non-hydrogen) atoms. The minimum Gasteiger partial charge on any atom is -0.493 e. The quantitative estimate of drug-likeness (QED) is 0.906. The summed E-state index contributed by atoms with van der Waals surface area (Å²) in [5.41, 5.74) is 7.94. The Morgan fingerprint density at radius 1 is 1.20 bits per heavy atom. The van der Waals surface area contributed by atoms with Crippen LogP contribution in [0.5, 0.6) is 5.75 Å². The number of ether oxygens (including phenoxy) is 1.